The maximum atomic E-state index is 11.5. The second kappa shape index (κ2) is 5.91. The van der Waals surface area contributed by atoms with Gasteiger partial charge in [0.25, 0.3) is 0 Å². The number of carbonyl (C=O) groups is 1. The van der Waals surface area contributed by atoms with Crippen LogP contribution in [0.15, 0.2) is 24.3 Å². The Morgan fingerprint density at radius 2 is 1.96 bits per heavy atom. The van der Waals surface area contributed by atoms with Crippen molar-refractivity contribution in [1.82, 2.24) is 14.6 Å². The van der Waals surface area contributed by atoms with Gasteiger partial charge in [-0.3, -0.25) is 0 Å². The molecule has 0 aliphatic heterocycles. The number of hydrogen-bond donors (Lipinski definition) is 1. The first kappa shape index (κ1) is 16.5. The number of carboxylic acid groups (broad SMARTS) is 1. The summed E-state index contributed by atoms with van der Waals surface area (Å²) >= 11 is 6.42. The number of nitrogens with zero attached hydrogens (tertiary/aromatic N) is 3. The number of benzene rings is 1. The molecule has 1 N–H and O–H groups in total. The minimum absolute atomic E-state index is 0.0112. The largest absolute Gasteiger partial charge is 0.477 e. The summed E-state index contributed by atoms with van der Waals surface area (Å²) in [6.45, 7) is 7.85. The fourth-order valence-electron chi connectivity index (χ4n) is 2.91. The first-order valence-corrected chi connectivity index (χ1v) is 8.08. The number of carboxylic acids is 1. The van der Waals surface area contributed by atoms with Gasteiger partial charge in [0, 0.05) is 16.3 Å². The molecule has 0 saturated heterocycles. The summed E-state index contributed by atoms with van der Waals surface area (Å²) in [5.41, 5.74) is 4.72. The predicted octanol–water partition coefficient (Wildman–Crippen LogP) is 4.49. The summed E-state index contributed by atoms with van der Waals surface area (Å²) in [5.74, 6) is -0.951. The van der Waals surface area contributed by atoms with Crippen molar-refractivity contribution in [1.29, 1.82) is 0 Å². The lowest BCUT2D eigenvalue weighted by molar-refractivity contribution is 0.0690. The third kappa shape index (κ3) is 2.55. The zero-order valence-corrected chi connectivity index (χ0v) is 14.7. The Morgan fingerprint density at radius 3 is 2.54 bits per heavy atom. The highest BCUT2D eigenvalue weighted by molar-refractivity contribution is 6.33. The number of aromatic nitrogens is 3. The van der Waals surface area contributed by atoms with Gasteiger partial charge in [0.05, 0.1) is 11.3 Å². The molecule has 0 amide bonds. The van der Waals surface area contributed by atoms with Gasteiger partial charge in [-0.2, -0.15) is 5.10 Å². The van der Waals surface area contributed by atoms with Gasteiger partial charge >= 0.3 is 5.97 Å². The third-order valence-corrected chi connectivity index (χ3v) is 4.39. The molecule has 0 atom stereocenters. The molecule has 24 heavy (non-hydrogen) atoms. The van der Waals surface area contributed by atoms with E-state index in [0.29, 0.717) is 10.7 Å². The number of halogens is 1. The Bertz CT molecular complexity index is 940. The Morgan fingerprint density at radius 1 is 1.25 bits per heavy atom. The molecule has 2 aromatic heterocycles. The lowest BCUT2D eigenvalue weighted by atomic mass is 10.0. The first-order valence-electron chi connectivity index (χ1n) is 7.70. The van der Waals surface area contributed by atoms with E-state index in [-0.39, 0.29) is 11.6 Å². The van der Waals surface area contributed by atoms with Crippen LogP contribution in [0.25, 0.3) is 16.8 Å². The van der Waals surface area contributed by atoms with Crippen LogP contribution in [0, 0.1) is 13.8 Å². The third-order valence-electron chi connectivity index (χ3n) is 4.07. The summed E-state index contributed by atoms with van der Waals surface area (Å²) < 4.78 is 1.73. The summed E-state index contributed by atoms with van der Waals surface area (Å²) in [5, 5.41) is 14.6. The Hall–Kier alpha value is -2.40. The van der Waals surface area contributed by atoms with Gasteiger partial charge < -0.3 is 5.11 Å². The predicted molar refractivity (Wildman–Crippen MR) is 94.0 cm³/mol. The normalized spacial score (nSPS) is 11.4. The number of rotatable bonds is 3. The van der Waals surface area contributed by atoms with Crippen LogP contribution in [-0.2, 0) is 0 Å². The van der Waals surface area contributed by atoms with Crippen LogP contribution in [0.3, 0.4) is 0 Å². The van der Waals surface area contributed by atoms with E-state index in [9.17, 15) is 9.90 Å². The van der Waals surface area contributed by atoms with Gasteiger partial charge in [-0.1, -0.05) is 37.6 Å². The van der Waals surface area contributed by atoms with Gasteiger partial charge in [-0.25, -0.2) is 14.3 Å². The van der Waals surface area contributed by atoms with E-state index < -0.39 is 5.97 Å². The molecule has 2 heterocycles. The van der Waals surface area contributed by atoms with Crippen molar-refractivity contribution in [3.05, 3.63) is 51.9 Å². The zero-order chi connectivity index (χ0) is 17.6. The van der Waals surface area contributed by atoms with Crippen molar-refractivity contribution < 1.29 is 9.90 Å². The molecule has 3 aromatic rings. The minimum atomic E-state index is -1.06. The van der Waals surface area contributed by atoms with Crippen LogP contribution < -0.4 is 0 Å². The van der Waals surface area contributed by atoms with E-state index in [1.807, 2.05) is 45.9 Å². The summed E-state index contributed by atoms with van der Waals surface area (Å²) in [7, 11) is 0. The highest BCUT2D eigenvalue weighted by atomic mass is 35.5. The maximum Gasteiger partial charge on any atom is 0.354 e. The zero-order valence-electron chi connectivity index (χ0n) is 14.0. The second-order valence-corrected chi connectivity index (χ2v) is 6.56. The van der Waals surface area contributed by atoms with Crippen molar-refractivity contribution in [2.45, 2.75) is 33.6 Å². The molecule has 124 valence electrons. The van der Waals surface area contributed by atoms with Gasteiger partial charge in [0.2, 0.25) is 0 Å². The molecule has 0 bridgehead atoms. The molecule has 5 nitrogen and oxygen atoms in total. The smallest absolute Gasteiger partial charge is 0.354 e. The molecule has 0 aliphatic carbocycles. The van der Waals surface area contributed by atoms with Gasteiger partial charge in [0.15, 0.2) is 11.3 Å². The number of fused-ring (bicyclic) bond motifs is 1. The number of aromatic carboxylic acids is 1. The molecule has 0 spiro atoms. The lowest BCUT2D eigenvalue weighted by Gasteiger charge is -2.11. The highest BCUT2D eigenvalue weighted by Crippen LogP contribution is 2.36. The van der Waals surface area contributed by atoms with E-state index in [1.165, 1.54) is 0 Å². The molecule has 0 radical (unpaired) electrons. The van der Waals surface area contributed by atoms with Crippen molar-refractivity contribution >= 4 is 23.2 Å². The van der Waals surface area contributed by atoms with Gasteiger partial charge in [-0.05, 0) is 37.5 Å². The van der Waals surface area contributed by atoms with E-state index in [0.717, 1.165) is 28.1 Å². The van der Waals surface area contributed by atoms with Gasteiger partial charge in [0.1, 0.15) is 0 Å². The van der Waals surface area contributed by atoms with Crippen LogP contribution >= 0.6 is 11.6 Å². The Balaban J connectivity index is 2.46. The molecule has 3 rings (SSSR count). The highest BCUT2D eigenvalue weighted by Gasteiger charge is 2.22. The van der Waals surface area contributed by atoms with E-state index in [2.05, 4.69) is 10.1 Å². The monoisotopic (exact) mass is 343 g/mol. The molecule has 0 unspecified atom stereocenters. The van der Waals surface area contributed by atoms with Crippen LogP contribution in [0.2, 0.25) is 5.02 Å². The average molecular weight is 344 g/mol. The fraction of sp³-hybridized carbons (Fsp3) is 0.278. The molecule has 0 fully saturated rings. The van der Waals surface area contributed by atoms with Crippen LogP contribution in [0.4, 0.5) is 0 Å². The van der Waals surface area contributed by atoms with Crippen LogP contribution in [-0.4, -0.2) is 25.7 Å². The summed E-state index contributed by atoms with van der Waals surface area (Å²) in [6.07, 6.45) is 0. The average Bonchev–Trinajstić information content (AvgIpc) is 2.82. The quantitative estimate of drug-likeness (QED) is 0.760. The van der Waals surface area contributed by atoms with Crippen molar-refractivity contribution in [3.8, 4) is 11.1 Å². The molecule has 6 heteroatoms. The molecule has 1 aromatic carbocycles. The van der Waals surface area contributed by atoms with Crippen LogP contribution in [0.1, 0.15) is 47.2 Å². The molecular weight excluding hydrogens is 326 g/mol. The van der Waals surface area contributed by atoms with Gasteiger partial charge in [-0.15, -0.1) is 0 Å². The standard InChI is InChI=1S/C18H18ClN3O2/c1-9(2)14-8-13(18(23)24)20-17-16(11(4)21-22(14)17)15-10(3)6-5-7-12(15)19/h5-9H,1-4H3,(H,23,24). The fourth-order valence-corrected chi connectivity index (χ4v) is 3.22. The number of aryl methyl sites for hydroxylation is 2. The number of hydrogen-bond acceptors (Lipinski definition) is 3. The van der Waals surface area contributed by atoms with Crippen molar-refractivity contribution in [3.63, 3.8) is 0 Å². The minimum Gasteiger partial charge on any atom is -0.477 e. The van der Waals surface area contributed by atoms with E-state index >= 15 is 0 Å². The summed E-state index contributed by atoms with van der Waals surface area (Å²) in [6, 6.07) is 7.25. The topological polar surface area (TPSA) is 67.5 Å². The maximum absolute atomic E-state index is 11.5. The molecule has 0 aliphatic rings. The van der Waals surface area contributed by atoms with Crippen molar-refractivity contribution in [2.75, 3.05) is 0 Å². The first-order chi connectivity index (χ1) is 11.3. The Kier molecular flexibility index (Phi) is 4.05. The van der Waals surface area contributed by atoms with Crippen LogP contribution in [0.5, 0.6) is 0 Å². The summed E-state index contributed by atoms with van der Waals surface area (Å²) in [4.78, 5) is 15.8. The van der Waals surface area contributed by atoms with Crippen molar-refractivity contribution in [2.24, 2.45) is 0 Å². The molecule has 0 saturated carbocycles. The lowest BCUT2D eigenvalue weighted by Crippen LogP contribution is -2.09. The second-order valence-electron chi connectivity index (χ2n) is 6.15. The van der Waals surface area contributed by atoms with E-state index in [1.54, 1.807) is 10.6 Å². The molecular formula is C18H18ClN3O2. The SMILES string of the molecule is Cc1cccc(Cl)c1-c1c(C)nn2c(C(C)C)cc(C(=O)O)nc12. The Labute approximate surface area is 144 Å². The van der Waals surface area contributed by atoms with E-state index in [4.69, 9.17) is 11.6 Å².